The van der Waals surface area contributed by atoms with Crippen molar-refractivity contribution in [3.63, 3.8) is 0 Å². The van der Waals surface area contributed by atoms with Crippen LogP contribution in [-0.4, -0.2) is 36.1 Å². The van der Waals surface area contributed by atoms with Crippen molar-refractivity contribution in [2.45, 2.75) is 26.2 Å². The monoisotopic (exact) mass is 360 g/mol. The van der Waals surface area contributed by atoms with Gasteiger partial charge in [-0.05, 0) is 53.6 Å². The van der Waals surface area contributed by atoms with Crippen LogP contribution < -0.4 is 9.47 Å². The molecule has 5 heteroatoms. The van der Waals surface area contributed by atoms with E-state index in [0.717, 1.165) is 17.5 Å². The Morgan fingerprint density at radius 3 is 1.65 bits per heavy atom. The van der Waals surface area contributed by atoms with Crippen LogP contribution in [0.1, 0.15) is 37.3 Å². The molecule has 0 bridgehead atoms. The van der Waals surface area contributed by atoms with Crippen molar-refractivity contribution >= 4 is 0 Å². The number of phenols is 2. The number of rotatable bonds is 8. The predicted octanol–water partition coefficient (Wildman–Crippen LogP) is 3.90. The molecule has 26 heavy (non-hydrogen) atoms. The van der Waals surface area contributed by atoms with Crippen LogP contribution in [0.4, 0.5) is 0 Å². The maximum atomic E-state index is 9.90. The van der Waals surface area contributed by atoms with Crippen LogP contribution in [0.5, 0.6) is 23.0 Å². The van der Waals surface area contributed by atoms with Crippen LogP contribution in [0.25, 0.3) is 0 Å². The molecule has 0 fully saturated rings. The molecule has 142 valence electrons. The van der Waals surface area contributed by atoms with E-state index in [1.165, 1.54) is 14.2 Å². The number of benzene rings is 2. The number of aliphatic hydroxyl groups is 1. The number of methoxy groups -OCH3 is 2. The van der Waals surface area contributed by atoms with Crippen molar-refractivity contribution in [3.05, 3.63) is 47.5 Å². The minimum atomic E-state index is 0.00278. The molecule has 0 aliphatic carbocycles. The summed E-state index contributed by atoms with van der Waals surface area (Å²) in [5.74, 6) is 1.45. The lowest BCUT2D eigenvalue weighted by Gasteiger charge is -2.26. The minimum Gasteiger partial charge on any atom is -0.504 e. The number of ether oxygens (including phenoxy) is 2. The van der Waals surface area contributed by atoms with E-state index < -0.39 is 0 Å². The smallest absolute Gasteiger partial charge is 0.160 e. The summed E-state index contributed by atoms with van der Waals surface area (Å²) < 4.78 is 10.5. The molecule has 2 atom stereocenters. The normalized spacial score (nSPS) is 13.5. The highest BCUT2D eigenvalue weighted by Gasteiger charge is 2.23. The van der Waals surface area contributed by atoms with Crippen LogP contribution in [0.2, 0.25) is 0 Å². The van der Waals surface area contributed by atoms with E-state index in [1.807, 2.05) is 31.2 Å². The maximum absolute atomic E-state index is 9.90. The summed E-state index contributed by atoms with van der Waals surface area (Å²) >= 11 is 0. The van der Waals surface area contributed by atoms with Gasteiger partial charge in [-0.15, -0.1) is 0 Å². The van der Waals surface area contributed by atoms with Gasteiger partial charge in [0, 0.05) is 12.5 Å². The Balaban J connectivity index is 2.48. The molecule has 0 aliphatic heterocycles. The molecule has 0 saturated heterocycles. The van der Waals surface area contributed by atoms with Gasteiger partial charge in [0.2, 0.25) is 0 Å². The average Bonchev–Trinajstić information content (AvgIpc) is 2.66. The topological polar surface area (TPSA) is 79.2 Å². The fraction of sp³-hybridized carbons (Fsp3) is 0.429. The Morgan fingerprint density at radius 2 is 1.27 bits per heavy atom. The van der Waals surface area contributed by atoms with Crippen molar-refractivity contribution in [3.8, 4) is 23.0 Å². The first-order valence-electron chi connectivity index (χ1n) is 8.75. The highest BCUT2D eigenvalue weighted by atomic mass is 16.5. The van der Waals surface area contributed by atoms with Crippen molar-refractivity contribution in [2.24, 2.45) is 11.8 Å². The molecule has 0 heterocycles. The van der Waals surface area contributed by atoms with Gasteiger partial charge in [0.25, 0.3) is 0 Å². The van der Waals surface area contributed by atoms with Gasteiger partial charge in [-0.2, -0.15) is 0 Å². The van der Waals surface area contributed by atoms with E-state index in [4.69, 9.17) is 9.47 Å². The summed E-state index contributed by atoms with van der Waals surface area (Å²) in [6.07, 6.45) is 0.795. The third-order valence-electron chi connectivity index (χ3n) is 5.08. The average molecular weight is 360 g/mol. The second-order valence-corrected chi connectivity index (χ2v) is 6.79. The second-order valence-electron chi connectivity index (χ2n) is 6.79. The van der Waals surface area contributed by atoms with Gasteiger partial charge < -0.3 is 24.8 Å². The van der Waals surface area contributed by atoms with Gasteiger partial charge >= 0.3 is 0 Å². The summed E-state index contributed by atoms with van der Waals surface area (Å²) in [4.78, 5) is 0. The summed E-state index contributed by atoms with van der Waals surface area (Å²) in [6, 6.07) is 10.7. The Bertz CT molecular complexity index is 675. The van der Waals surface area contributed by atoms with E-state index >= 15 is 0 Å². The lowest BCUT2D eigenvalue weighted by Crippen LogP contribution is -2.16. The largest absolute Gasteiger partial charge is 0.504 e. The third-order valence-corrected chi connectivity index (χ3v) is 5.08. The molecule has 2 aromatic carbocycles. The zero-order chi connectivity index (χ0) is 19.3. The van der Waals surface area contributed by atoms with Gasteiger partial charge in [-0.25, -0.2) is 0 Å². The molecule has 0 aliphatic rings. The van der Waals surface area contributed by atoms with Crippen molar-refractivity contribution < 1.29 is 24.8 Å². The number of aliphatic hydroxyl groups excluding tert-OH is 1. The minimum absolute atomic E-state index is 0.00278. The zero-order valence-corrected chi connectivity index (χ0v) is 15.8. The van der Waals surface area contributed by atoms with Gasteiger partial charge in [-0.1, -0.05) is 26.0 Å². The standard InChI is InChI=1S/C21H28O5/c1-13(14(2)12-22)9-17(15-5-7-18(23)20(10-15)25-3)16-6-8-19(24)21(11-16)26-4/h5-8,10-11,13-14,17,22-24H,9,12H2,1-4H3. The van der Waals surface area contributed by atoms with Crippen molar-refractivity contribution in [1.29, 1.82) is 0 Å². The van der Waals surface area contributed by atoms with Gasteiger partial charge in [-0.3, -0.25) is 0 Å². The molecule has 2 unspecified atom stereocenters. The number of phenolic OH excluding ortho intramolecular Hbond substituents is 2. The third kappa shape index (κ3) is 4.41. The first-order valence-corrected chi connectivity index (χ1v) is 8.75. The first kappa shape index (κ1) is 19.9. The Hall–Kier alpha value is -2.40. The second kappa shape index (κ2) is 8.81. The predicted molar refractivity (Wildman–Crippen MR) is 101 cm³/mol. The molecular weight excluding hydrogens is 332 g/mol. The van der Waals surface area contributed by atoms with Gasteiger partial charge in [0.05, 0.1) is 14.2 Å². The molecule has 3 N–H and O–H groups in total. The van der Waals surface area contributed by atoms with Crippen molar-refractivity contribution in [1.82, 2.24) is 0 Å². The molecule has 2 rings (SSSR count). The SMILES string of the molecule is COc1cc(C(CC(C)C(C)CO)c2ccc(O)c(OC)c2)ccc1O. The van der Waals surface area contributed by atoms with Crippen LogP contribution in [-0.2, 0) is 0 Å². The molecule has 0 saturated carbocycles. The molecule has 0 radical (unpaired) electrons. The van der Waals surface area contributed by atoms with Crippen molar-refractivity contribution in [2.75, 3.05) is 20.8 Å². The summed E-state index contributed by atoms with van der Waals surface area (Å²) in [6.45, 7) is 4.27. The van der Waals surface area contributed by atoms with Crippen LogP contribution in [0, 0.1) is 11.8 Å². The van der Waals surface area contributed by atoms with Gasteiger partial charge in [0.1, 0.15) is 0 Å². The first-order chi connectivity index (χ1) is 12.4. The lowest BCUT2D eigenvalue weighted by molar-refractivity contribution is 0.188. The van der Waals surface area contributed by atoms with Crippen LogP contribution >= 0.6 is 0 Å². The number of hydrogen-bond donors (Lipinski definition) is 3. The molecule has 0 amide bonds. The molecular formula is C21H28O5. The molecule has 5 nitrogen and oxygen atoms in total. The summed E-state index contributed by atoms with van der Waals surface area (Å²) in [5.41, 5.74) is 1.98. The van der Waals surface area contributed by atoms with Crippen LogP contribution in [0.15, 0.2) is 36.4 Å². The molecule has 0 spiro atoms. The quantitative estimate of drug-likeness (QED) is 0.665. The fourth-order valence-electron chi connectivity index (χ4n) is 3.07. The van der Waals surface area contributed by atoms with E-state index in [2.05, 4.69) is 6.92 Å². The number of hydrogen-bond acceptors (Lipinski definition) is 5. The van der Waals surface area contributed by atoms with E-state index in [1.54, 1.807) is 12.1 Å². The fourth-order valence-corrected chi connectivity index (χ4v) is 3.07. The molecule has 2 aromatic rings. The van der Waals surface area contributed by atoms with Gasteiger partial charge in [0.15, 0.2) is 23.0 Å². The zero-order valence-electron chi connectivity index (χ0n) is 15.8. The Kier molecular flexibility index (Phi) is 6.75. The van der Waals surface area contributed by atoms with E-state index in [0.29, 0.717) is 11.5 Å². The lowest BCUT2D eigenvalue weighted by atomic mass is 9.80. The highest BCUT2D eigenvalue weighted by molar-refractivity contribution is 5.48. The van der Waals surface area contributed by atoms with E-state index in [-0.39, 0.29) is 35.9 Å². The number of aromatic hydroxyl groups is 2. The van der Waals surface area contributed by atoms with Crippen LogP contribution in [0.3, 0.4) is 0 Å². The van der Waals surface area contributed by atoms with E-state index in [9.17, 15) is 15.3 Å². The highest BCUT2D eigenvalue weighted by Crippen LogP contribution is 2.39. The Labute approximate surface area is 154 Å². The Morgan fingerprint density at radius 1 is 0.808 bits per heavy atom. The summed E-state index contributed by atoms with van der Waals surface area (Å²) in [5, 5.41) is 29.3. The maximum Gasteiger partial charge on any atom is 0.160 e. The summed E-state index contributed by atoms with van der Waals surface area (Å²) in [7, 11) is 3.04. The molecule has 0 aromatic heterocycles.